The number of phenols is 1. The van der Waals surface area contributed by atoms with Crippen LogP contribution >= 0.6 is 0 Å². The molecular weight excluding hydrogens is 486 g/mol. The maximum Gasteiger partial charge on any atom is 0.173 e. The fraction of sp³-hybridized carbons (Fsp3) is 0.633. The summed E-state index contributed by atoms with van der Waals surface area (Å²) in [7, 11) is 3.87. The van der Waals surface area contributed by atoms with Crippen LogP contribution in [0.5, 0.6) is 5.75 Å². The van der Waals surface area contributed by atoms with Crippen molar-refractivity contribution in [3.8, 4) is 5.75 Å². The Labute approximate surface area is 228 Å². The minimum Gasteiger partial charge on any atom is -0.507 e. The maximum absolute atomic E-state index is 13.7. The van der Waals surface area contributed by atoms with Gasteiger partial charge in [0.25, 0.3) is 0 Å². The zero-order chi connectivity index (χ0) is 26.9. The van der Waals surface area contributed by atoms with Gasteiger partial charge >= 0.3 is 0 Å². The molecule has 4 rings (SSSR count). The predicted molar refractivity (Wildman–Crippen MR) is 151 cm³/mol. The van der Waals surface area contributed by atoms with E-state index in [4.69, 9.17) is 0 Å². The second-order valence-corrected chi connectivity index (χ2v) is 11.6. The van der Waals surface area contributed by atoms with Gasteiger partial charge in [0, 0.05) is 34.8 Å². The number of phenolic OH excluding ortho intramolecular Hbond substituents is 1. The molecule has 0 amide bonds. The highest BCUT2D eigenvalue weighted by atomic mass is 16.3. The molecule has 0 saturated heterocycles. The van der Waals surface area contributed by atoms with Crippen molar-refractivity contribution in [2.24, 2.45) is 23.7 Å². The Hall–Kier alpha value is -2.71. The Morgan fingerprint density at radius 3 is 2.39 bits per heavy atom. The molecule has 0 radical (unpaired) electrons. The average Bonchev–Trinajstić information content (AvgIpc) is 2.83. The van der Waals surface area contributed by atoms with E-state index in [-0.39, 0.29) is 56.6 Å². The Morgan fingerprint density at radius 2 is 1.79 bits per heavy atom. The number of rotatable bonds is 9. The molecular formula is C30H47NO7. The van der Waals surface area contributed by atoms with E-state index in [2.05, 4.69) is 0 Å². The summed E-state index contributed by atoms with van der Waals surface area (Å²) < 4.78 is 0. The summed E-state index contributed by atoms with van der Waals surface area (Å²) in [4.78, 5) is 40.3. The number of hydrogen-bond donors (Lipinski definition) is 3. The second kappa shape index (κ2) is 12.4. The fourth-order valence-corrected chi connectivity index (χ4v) is 6.93. The van der Waals surface area contributed by atoms with Crippen LogP contribution in [0.15, 0.2) is 11.6 Å². The van der Waals surface area contributed by atoms with Crippen LogP contribution < -0.4 is 4.90 Å². The van der Waals surface area contributed by atoms with Gasteiger partial charge in [0.15, 0.2) is 11.6 Å². The molecule has 1 aromatic carbocycles. The molecule has 5 N–H and O–H groups in total. The predicted octanol–water partition coefficient (Wildman–Crippen LogP) is 4.22. The van der Waals surface area contributed by atoms with Gasteiger partial charge in [-0.05, 0) is 74.0 Å². The van der Waals surface area contributed by atoms with Crippen molar-refractivity contribution >= 4 is 28.8 Å². The molecule has 0 aromatic heterocycles. The highest BCUT2D eigenvalue weighted by Crippen LogP contribution is 2.50. The molecule has 0 heterocycles. The molecule has 3 atom stereocenters. The number of carbonyl (C=O) groups is 3. The van der Waals surface area contributed by atoms with Crippen LogP contribution in [0.3, 0.4) is 0 Å². The quantitative estimate of drug-likeness (QED) is 0.403. The Bertz CT molecular complexity index is 1110. The van der Waals surface area contributed by atoms with Crippen molar-refractivity contribution in [2.75, 3.05) is 25.6 Å². The van der Waals surface area contributed by atoms with Crippen LogP contribution in [0.25, 0.3) is 5.76 Å². The second-order valence-electron chi connectivity index (χ2n) is 11.6. The number of aliphatic hydroxyl groups excluding tert-OH is 2. The number of allylic oxidation sites excluding steroid dienone is 1. The van der Waals surface area contributed by atoms with Gasteiger partial charge in [-0.3, -0.25) is 14.4 Å². The monoisotopic (exact) mass is 533 g/mol. The lowest BCUT2D eigenvalue weighted by atomic mass is 9.63. The van der Waals surface area contributed by atoms with Gasteiger partial charge in [0.1, 0.15) is 17.3 Å². The van der Waals surface area contributed by atoms with E-state index in [1.165, 1.54) is 39.0 Å². The third-order valence-electron chi connectivity index (χ3n) is 8.72. The number of Topliss-reactive ketones (excluding diaryl/α,β-unsaturated/α-hetero) is 3. The van der Waals surface area contributed by atoms with Crippen LogP contribution in [0.4, 0.5) is 5.69 Å². The standard InChI is InChI=1S/C30H41NO6.H2O.2H2/c1-17(33)13-24(34)25-19(11-12-32)14-21-15-22-23(31(2)3)16-20(10-9-18-7-5-4-6-8-18)28(35)27(22)30(37)26(21)29(25)36;;;/h16,18-19,21,25,32,35,37H,4-15H2,1-3H3;1H2;2*1H. The Morgan fingerprint density at radius 1 is 1.11 bits per heavy atom. The number of benzene rings is 1. The van der Waals surface area contributed by atoms with Gasteiger partial charge in [0.2, 0.25) is 0 Å². The Balaban J connectivity index is 0.00000267. The van der Waals surface area contributed by atoms with E-state index < -0.39 is 23.4 Å². The first-order chi connectivity index (χ1) is 17.6. The van der Waals surface area contributed by atoms with Gasteiger partial charge in [0.05, 0.1) is 17.9 Å². The molecule has 38 heavy (non-hydrogen) atoms. The SMILES string of the molecule is CC(=O)CC(=O)C1C(=O)C2=C(O)c3c(O)c(CCC4CCCCC4)cc(N(C)C)c3CC2CC1CCO.O.[HH].[HH]. The van der Waals surface area contributed by atoms with E-state index in [0.29, 0.717) is 30.7 Å². The largest absolute Gasteiger partial charge is 0.507 e. The summed E-state index contributed by atoms with van der Waals surface area (Å²) in [6, 6.07) is 2.02. The zero-order valence-corrected chi connectivity index (χ0v) is 22.9. The van der Waals surface area contributed by atoms with Crippen LogP contribution in [0, 0.1) is 23.7 Å². The molecule has 1 aromatic rings. The van der Waals surface area contributed by atoms with Crippen LogP contribution in [0.1, 0.15) is 84.3 Å². The van der Waals surface area contributed by atoms with Crippen LogP contribution in [-0.2, 0) is 27.2 Å². The summed E-state index contributed by atoms with van der Waals surface area (Å²) in [5, 5.41) is 32.5. The van der Waals surface area contributed by atoms with Gasteiger partial charge in [-0.15, -0.1) is 0 Å². The van der Waals surface area contributed by atoms with E-state index in [1.807, 2.05) is 25.1 Å². The van der Waals surface area contributed by atoms with Crippen molar-refractivity contribution in [3.63, 3.8) is 0 Å². The number of aryl methyl sites for hydroxylation is 1. The molecule has 3 unspecified atom stereocenters. The molecule has 2 saturated carbocycles. The minimum atomic E-state index is -1.06. The lowest BCUT2D eigenvalue weighted by Crippen LogP contribution is -2.43. The van der Waals surface area contributed by atoms with E-state index >= 15 is 0 Å². The average molecular weight is 534 g/mol. The summed E-state index contributed by atoms with van der Waals surface area (Å²) in [5.74, 6) is -2.58. The number of aromatic hydroxyl groups is 1. The number of hydrogen-bond acceptors (Lipinski definition) is 7. The summed E-state index contributed by atoms with van der Waals surface area (Å²) in [6.07, 6.45) is 8.74. The molecule has 3 aliphatic carbocycles. The van der Waals surface area contributed by atoms with Crippen molar-refractivity contribution in [3.05, 3.63) is 28.3 Å². The molecule has 8 heteroatoms. The number of aliphatic hydroxyl groups is 2. The lowest BCUT2D eigenvalue weighted by molar-refractivity contribution is -0.137. The van der Waals surface area contributed by atoms with Crippen molar-refractivity contribution in [2.45, 2.75) is 77.6 Å². The molecule has 8 nitrogen and oxygen atoms in total. The molecule has 0 bridgehead atoms. The highest BCUT2D eigenvalue weighted by Gasteiger charge is 2.47. The number of fused-ring (bicyclic) bond motifs is 2. The molecule has 0 spiro atoms. The lowest BCUT2D eigenvalue weighted by Gasteiger charge is -2.40. The first kappa shape index (κ1) is 29.8. The highest BCUT2D eigenvalue weighted by molar-refractivity contribution is 6.17. The molecule has 2 fully saturated rings. The maximum atomic E-state index is 13.7. The topological polar surface area (TPSA) is 147 Å². The summed E-state index contributed by atoms with van der Waals surface area (Å²) >= 11 is 0. The summed E-state index contributed by atoms with van der Waals surface area (Å²) in [5.41, 5.74) is 2.98. The van der Waals surface area contributed by atoms with E-state index in [1.54, 1.807) is 0 Å². The smallest absolute Gasteiger partial charge is 0.173 e. The van der Waals surface area contributed by atoms with Gasteiger partial charge < -0.3 is 25.7 Å². The first-order valence-corrected chi connectivity index (χ1v) is 13.8. The minimum absolute atomic E-state index is 0. The number of ketones is 3. The van der Waals surface area contributed by atoms with Gasteiger partial charge in [-0.25, -0.2) is 0 Å². The zero-order valence-electron chi connectivity index (χ0n) is 22.9. The molecule has 0 aliphatic heterocycles. The molecule has 3 aliphatic rings. The van der Waals surface area contributed by atoms with Crippen LogP contribution in [-0.4, -0.2) is 58.8 Å². The van der Waals surface area contributed by atoms with E-state index in [9.17, 15) is 29.7 Å². The Kier molecular flexibility index (Phi) is 9.76. The third kappa shape index (κ3) is 5.81. The first-order valence-electron chi connectivity index (χ1n) is 13.8. The summed E-state index contributed by atoms with van der Waals surface area (Å²) in [6.45, 7) is 1.16. The normalized spacial score (nSPS) is 23.4. The van der Waals surface area contributed by atoms with Crippen molar-refractivity contribution < 1.29 is 38.0 Å². The van der Waals surface area contributed by atoms with Crippen molar-refractivity contribution in [1.82, 2.24) is 0 Å². The molecule has 214 valence electrons. The number of carbonyl (C=O) groups excluding carboxylic acids is 3. The van der Waals surface area contributed by atoms with Gasteiger partial charge in [-0.1, -0.05) is 32.1 Å². The number of anilines is 1. The van der Waals surface area contributed by atoms with Gasteiger partial charge in [-0.2, -0.15) is 0 Å². The van der Waals surface area contributed by atoms with E-state index in [0.717, 1.165) is 23.2 Å². The van der Waals surface area contributed by atoms with Crippen molar-refractivity contribution in [1.29, 1.82) is 0 Å². The van der Waals surface area contributed by atoms with Crippen LogP contribution in [0.2, 0.25) is 0 Å². The third-order valence-corrected chi connectivity index (χ3v) is 8.72. The fourth-order valence-electron chi connectivity index (χ4n) is 6.93. The number of nitrogens with zero attached hydrogens (tertiary/aromatic N) is 1.